The molecule has 0 aliphatic carbocycles. The molecule has 1 rings (SSSR count). The molecular formula is C10H10BrCl2NO. The average molecular weight is 311 g/mol. The van der Waals surface area contributed by atoms with E-state index in [9.17, 15) is 4.79 Å². The van der Waals surface area contributed by atoms with Gasteiger partial charge < -0.3 is 5.32 Å². The lowest BCUT2D eigenvalue weighted by atomic mass is 10.2. The zero-order chi connectivity index (χ0) is 11.4. The molecule has 82 valence electrons. The van der Waals surface area contributed by atoms with Gasteiger partial charge in [0.15, 0.2) is 0 Å². The van der Waals surface area contributed by atoms with E-state index in [0.29, 0.717) is 27.5 Å². The minimum atomic E-state index is -0.0892. The van der Waals surface area contributed by atoms with Crippen LogP contribution >= 0.6 is 39.1 Å². The number of carbonyl (C=O) groups excluding carboxylic acids is 1. The van der Waals surface area contributed by atoms with E-state index in [1.807, 2.05) is 6.92 Å². The Morgan fingerprint density at radius 2 is 2.07 bits per heavy atom. The van der Waals surface area contributed by atoms with E-state index in [1.54, 1.807) is 12.1 Å². The van der Waals surface area contributed by atoms with Crippen LogP contribution in [-0.4, -0.2) is 11.2 Å². The molecule has 0 radical (unpaired) electrons. The lowest BCUT2D eigenvalue weighted by molar-refractivity contribution is -0.115. The first-order chi connectivity index (χ1) is 7.04. The number of anilines is 1. The first kappa shape index (κ1) is 12.8. The second-order valence-electron chi connectivity index (χ2n) is 3.07. The maximum absolute atomic E-state index is 11.3. The van der Waals surface area contributed by atoms with Crippen LogP contribution < -0.4 is 5.32 Å². The highest BCUT2D eigenvalue weighted by molar-refractivity contribution is 9.09. The Labute approximate surface area is 107 Å². The van der Waals surface area contributed by atoms with Gasteiger partial charge in [0, 0.05) is 16.8 Å². The lowest BCUT2D eigenvalue weighted by Crippen LogP contribution is -2.12. The quantitative estimate of drug-likeness (QED) is 0.839. The highest BCUT2D eigenvalue weighted by Gasteiger charge is 2.07. The van der Waals surface area contributed by atoms with Gasteiger partial charge in [-0.2, -0.15) is 0 Å². The number of carbonyl (C=O) groups is 1. The van der Waals surface area contributed by atoms with Crippen LogP contribution in [0.5, 0.6) is 0 Å². The van der Waals surface area contributed by atoms with Gasteiger partial charge in [0.1, 0.15) is 0 Å². The van der Waals surface area contributed by atoms with Crippen LogP contribution in [0.25, 0.3) is 0 Å². The van der Waals surface area contributed by atoms with Crippen molar-refractivity contribution in [1.29, 1.82) is 0 Å². The van der Waals surface area contributed by atoms with Crippen LogP contribution in [0.2, 0.25) is 10.0 Å². The Balaban J connectivity index is 2.86. The molecule has 15 heavy (non-hydrogen) atoms. The van der Waals surface area contributed by atoms with E-state index < -0.39 is 0 Å². The minimum absolute atomic E-state index is 0.0892. The van der Waals surface area contributed by atoms with E-state index in [1.165, 1.54) is 0 Å². The number of nitrogens with one attached hydrogen (secondary N) is 1. The number of alkyl halides is 1. The largest absolute Gasteiger partial charge is 0.325 e. The molecule has 1 amide bonds. The molecule has 0 spiro atoms. The van der Waals surface area contributed by atoms with E-state index in [0.717, 1.165) is 5.56 Å². The minimum Gasteiger partial charge on any atom is -0.325 e. The van der Waals surface area contributed by atoms with Crippen LogP contribution in [0.1, 0.15) is 12.0 Å². The van der Waals surface area contributed by atoms with E-state index in [4.69, 9.17) is 23.2 Å². The maximum Gasteiger partial charge on any atom is 0.225 e. The third-order valence-electron chi connectivity index (χ3n) is 1.84. The summed E-state index contributed by atoms with van der Waals surface area (Å²) in [5.74, 6) is -0.0892. The molecule has 0 aromatic heterocycles. The SMILES string of the molecule is Cc1cc(Cl)c(NC(=O)CCBr)cc1Cl. The maximum atomic E-state index is 11.3. The van der Waals surface area contributed by atoms with Gasteiger partial charge in [0.05, 0.1) is 10.7 Å². The number of rotatable bonds is 3. The molecule has 1 aromatic carbocycles. The van der Waals surface area contributed by atoms with Gasteiger partial charge >= 0.3 is 0 Å². The van der Waals surface area contributed by atoms with Crippen molar-refractivity contribution in [1.82, 2.24) is 0 Å². The fraction of sp³-hybridized carbons (Fsp3) is 0.300. The summed E-state index contributed by atoms with van der Waals surface area (Å²) < 4.78 is 0. The number of benzene rings is 1. The molecule has 2 nitrogen and oxygen atoms in total. The summed E-state index contributed by atoms with van der Waals surface area (Å²) in [5, 5.41) is 4.41. The fourth-order valence-electron chi connectivity index (χ4n) is 1.04. The van der Waals surface area contributed by atoms with Crippen molar-refractivity contribution in [2.24, 2.45) is 0 Å². The van der Waals surface area contributed by atoms with Crippen molar-refractivity contribution in [3.05, 3.63) is 27.7 Å². The molecule has 0 unspecified atom stereocenters. The van der Waals surface area contributed by atoms with Crippen LogP contribution in [-0.2, 0) is 4.79 Å². The van der Waals surface area contributed by atoms with Gasteiger partial charge in [-0.3, -0.25) is 4.79 Å². The zero-order valence-electron chi connectivity index (χ0n) is 8.11. The van der Waals surface area contributed by atoms with E-state index in [2.05, 4.69) is 21.2 Å². The first-order valence-corrected chi connectivity index (χ1v) is 6.24. The molecule has 0 bridgehead atoms. The lowest BCUT2D eigenvalue weighted by Gasteiger charge is -2.08. The Kier molecular flexibility index (Phi) is 4.90. The highest BCUT2D eigenvalue weighted by atomic mass is 79.9. The van der Waals surface area contributed by atoms with Crippen molar-refractivity contribution >= 4 is 50.7 Å². The van der Waals surface area contributed by atoms with E-state index >= 15 is 0 Å². The topological polar surface area (TPSA) is 29.1 Å². The summed E-state index contributed by atoms with van der Waals surface area (Å²) in [4.78, 5) is 11.3. The average Bonchev–Trinajstić information content (AvgIpc) is 2.14. The second kappa shape index (κ2) is 5.73. The number of hydrogen-bond acceptors (Lipinski definition) is 1. The summed E-state index contributed by atoms with van der Waals surface area (Å²) in [6, 6.07) is 3.39. The summed E-state index contributed by atoms with van der Waals surface area (Å²) in [5.41, 5.74) is 1.44. The van der Waals surface area contributed by atoms with Crippen LogP contribution in [0, 0.1) is 6.92 Å². The van der Waals surface area contributed by atoms with Gasteiger partial charge in [-0.1, -0.05) is 39.1 Å². The molecule has 0 aliphatic heterocycles. The molecule has 1 N–H and O–H groups in total. The normalized spacial score (nSPS) is 10.1. The van der Waals surface area contributed by atoms with Gasteiger partial charge in [-0.05, 0) is 24.6 Å². The summed E-state index contributed by atoms with van der Waals surface area (Å²) >= 11 is 15.1. The smallest absolute Gasteiger partial charge is 0.225 e. The fourth-order valence-corrected chi connectivity index (χ4v) is 1.83. The van der Waals surface area contributed by atoms with Gasteiger partial charge in [-0.15, -0.1) is 0 Å². The van der Waals surface area contributed by atoms with Gasteiger partial charge in [0.25, 0.3) is 0 Å². The van der Waals surface area contributed by atoms with Crippen LogP contribution in [0.4, 0.5) is 5.69 Å². The third-order valence-corrected chi connectivity index (χ3v) is 2.96. The summed E-state index contributed by atoms with van der Waals surface area (Å²) in [6.07, 6.45) is 0.405. The van der Waals surface area contributed by atoms with Gasteiger partial charge in [-0.25, -0.2) is 0 Å². The Bertz CT molecular complexity index is 382. The highest BCUT2D eigenvalue weighted by Crippen LogP contribution is 2.28. The molecule has 0 aliphatic rings. The van der Waals surface area contributed by atoms with Crippen molar-refractivity contribution in [3.8, 4) is 0 Å². The van der Waals surface area contributed by atoms with Crippen molar-refractivity contribution in [3.63, 3.8) is 0 Å². The van der Waals surface area contributed by atoms with E-state index in [-0.39, 0.29) is 5.91 Å². The molecule has 0 heterocycles. The summed E-state index contributed by atoms with van der Waals surface area (Å²) in [7, 11) is 0. The molecule has 0 atom stereocenters. The molecule has 0 fully saturated rings. The van der Waals surface area contributed by atoms with Crippen molar-refractivity contribution in [2.45, 2.75) is 13.3 Å². The number of halogens is 3. The van der Waals surface area contributed by atoms with Crippen LogP contribution in [0.3, 0.4) is 0 Å². The predicted octanol–water partition coefficient (Wildman–Crippen LogP) is 4.03. The standard InChI is InChI=1S/C10H10BrCl2NO/c1-6-4-8(13)9(5-7(6)12)14-10(15)2-3-11/h4-5H,2-3H2,1H3,(H,14,15). The summed E-state index contributed by atoms with van der Waals surface area (Å²) in [6.45, 7) is 1.86. The number of hydrogen-bond donors (Lipinski definition) is 1. The Hall–Kier alpha value is -0.250. The van der Waals surface area contributed by atoms with Crippen LogP contribution in [0.15, 0.2) is 12.1 Å². The third kappa shape index (κ3) is 3.67. The van der Waals surface area contributed by atoms with Gasteiger partial charge in [0.2, 0.25) is 5.91 Å². The van der Waals surface area contributed by atoms with Crippen molar-refractivity contribution in [2.75, 3.05) is 10.6 Å². The Morgan fingerprint density at radius 3 is 2.67 bits per heavy atom. The molecule has 0 saturated heterocycles. The predicted molar refractivity (Wildman–Crippen MR) is 68.2 cm³/mol. The zero-order valence-corrected chi connectivity index (χ0v) is 11.2. The number of amides is 1. The molecule has 5 heteroatoms. The Morgan fingerprint density at radius 1 is 1.40 bits per heavy atom. The van der Waals surface area contributed by atoms with Crippen molar-refractivity contribution < 1.29 is 4.79 Å². The monoisotopic (exact) mass is 309 g/mol. The molecule has 0 saturated carbocycles. The first-order valence-electron chi connectivity index (χ1n) is 4.36. The molecular weight excluding hydrogens is 301 g/mol. The second-order valence-corrected chi connectivity index (χ2v) is 4.68. The molecule has 1 aromatic rings. The number of aryl methyl sites for hydroxylation is 1.